The third-order valence-electron chi connectivity index (χ3n) is 6.44. The van der Waals surface area contributed by atoms with Crippen LogP contribution in [0.3, 0.4) is 0 Å². The van der Waals surface area contributed by atoms with E-state index in [2.05, 4.69) is 15.3 Å². The number of ether oxygens (including phenoxy) is 2. The van der Waals surface area contributed by atoms with Crippen molar-refractivity contribution in [2.75, 3.05) is 24.9 Å². The summed E-state index contributed by atoms with van der Waals surface area (Å²) in [5, 5.41) is 14.7. The molecule has 15 heteroatoms. The molecule has 0 spiro atoms. The largest absolute Gasteiger partial charge is 0.390 e. The molecule has 4 atom stereocenters. The zero-order valence-electron chi connectivity index (χ0n) is 19.6. The van der Waals surface area contributed by atoms with Crippen molar-refractivity contribution in [1.29, 1.82) is 0 Å². The van der Waals surface area contributed by atoms with Crippen LogP contribution in [0.15, 0.2) is 18.2 Å². The van der Waals surface area contributed by atoms with E-state index in [1.807, 2.05) is 12.1 Å². The van der Waals surface area contributed by atoms with Crippen LogP contribution in [-0.2, 0) is 23.1 Å². The molecule has 12 nitrogen and oxygen atoms in total. The molecule has 2 aliphatic rings. The van der Waals surface area contributed by atoms with Gasteiger partial charge >= 0.3 is 15.2 Å². The van der Waals surface area contributed by atoms with Crippen LogP contribution in [0.25, 0.3) is 10.9 Å². The van der Waals surface area contributed by atoms with Crippen LogP contribution in [-0.4, -0.2) is 73.7 Å². The molecule has 2 fully saturated rings. The first-order valence-electron chi connectivity index (χ1n) is 11.5. The molecule has 4 rings (SSSR count). The van der Waals surface area contributed by atoms with Gasteiger partial charge in [0.25, 0.3) is 0 Å². The van der Waals surface area contributed by atoms with Crippen LogP contribution in [0.4, 0.5) is 5.82 Å². The maximum Gasteiger partial charge on any atom is 0.340 e. The van der Waals surface area contributed by atoms with Gasteiger partial charge in [-0.2, -0.15) is 0 Å². The van der Waals surface area contributed by atoms with E-state index >= 15 is 0 Å². The average molecular weight is 566 g/mol. The van der Waals surface area contributed by atoms with Crippen molar-refractivity contribution in [3.8, 4) is 0 Å². The molecular formula is C21H30ClN3O9P2. The molecule has 0 amide bonds. The first kappa shape index (κ1) is 27.9. The van der Waals surface area contributed by atoms with E-state index in [4.69, 9.17) is 35.4 Å². The number of hydrogen-bond acceptors (Lipinski definition) is 9. The molecule has 2 aromatic rings. The van der Waals surface area contributed by atoms with E-state index in [-0.39, 0.29) is 23.9 Å². The van der Waals surface area contributed by atoms with Crippen molar-refractivity contribution < 1.29 is 42.9 Å². The van der Waals surface area contributed by atoms with Gasteiger partial charge in [0.2, 0.25) is 5.28 Å². The molecule has 1 saturated heterocycles. The molecule has 0 bridgehead atoms. The van der Waals surface area contributed by atoms with Crippen LogP contribution >= 0.6 is 26.8 Å². The molecule has 1 aliphatic heterocycles. The van der Waals surface area contributed by atoms with Gasteiger partial charge in [0.15, 0.2) is 5.90 Å². The second-order valence-electron chi connectivity index (χ2n) is 9.18. The summed E-state index contributed by atoms with van der Waals surface area (Å²) in [6, 6.07) is 5.72. The fourth-order valence-electron chi connectivity index (χ4n) is 4.62. The second kappa shape index (κ2) is 11.3. The van der Waals surface area contributed by atoms with Gasteiger partial charge in [0, 0.05) is 25.0 Å². The summed E-state index contributed by atoms with van der Waals surface area (Å²) in [4.78, 5) is 36.2. The lowest BCUT2D eigenvalue weighted by atomic mass is 9.93. The number of hydrogen-bond donors (Lipinski definition) is 5. The van der Waals surface area contributed by atoms with Crippen molar-refractivity contribution in [3.05, 3.63) is 29.0 Å². The lowest BCUT2D eigenvalue weighted by Crippen LogP contribution is -2.29. The molecule has 5 N–H and O–H groups in total. The molecule has 1 aromatic heterocycles. The van der Waals surface area contributed by atoms with E-state index < -0.39 is 46.0 Å². The Morgan fingerprint density at radius 2 is 1.89 bits per heavy atom. The molecule has 200 valence electrons. The Morgan fingerprint density at radius 1 is 1.17 bits per heavy atom. The number of aromatic nitrogens is 2. The molecular weight excluding hydrogens is 536 g/mol. The van der Waals surface area contributed by atoms with E-state index in [0.29, 0.717) is 16.9 Å². The number of fused-ring (bicyclic) bond motifs is 1. The Hall–Kier alpha value is -1.17. The van der Waals surface area contributed by atoms with Gasteiger partial charge in [0.05, 0.1) is 30.4 Å². The highest BCUT2D eigenvalue weighted by molar-refractivity contribution is 7.70. The van der Waals surface area contributed by atoms with Crippen molar-refractivity contribution >= 4 is 43.5 Å². The number of nitrogens with one attached hydrogen (secondary N) is 1. The van der Waals surface area contributed by atoms with Crippen molar-refractivity contribution in [2.24, 2.45) is 0 Å². The number of benzene rings is 1. The minimum absolute atomic E-state index is 0.0927. The van der Waals surface area contributed by atoms with Gasteiger partial charge in [-0.25, -0.2) is 9.97 Å². The Labute approximate surface area is 213 Å². The standard InChI is InChI=1S/C21H30ClN3O9P2/c1-32-14-5-3-13(4-6-14)23-20-15-7-2-12(8-16(15)24-21(22)25-20)18-9-17(26)19(34-18)10-33-36(30,31)11-35(27,28)29/h2,7-8,13-14,17-19,26H,3-6,9-11H2,1H3,(H,30,31)(H,23,24,25)(H2,27,28,29)/t13?,14?,17-,18+,19+/m0/s1. The van der Waals surface area contributed by atoms with E-state index in [1.54, 1.807) is 13.2 Å². The number of anilines is 1. The van der Waals surface area contributed by atoms with Crippen molar-refractivity contribution in [3.63, 3.8) is 0 Å². The van der Waals surface area contributed by atoms with Gasteiger partial charge in [0.1, 0.15) is 11.9 Å². The summed E-state index contributed by atoms with van der Waals surface area (Å²) < 4.78 is 39.0. The van der Waals surface area contributed by atoms with Crippen LogP contribution in [0.1, 0.15) is 43.8 Å². The van der Waals surface area contributed by atoms with Crippen LogP contribution in [0.5, 0.6) is 0 Å². The summed E-state index contributed by atoms with van der Waals surface area (Å²) in [5.41, 5.74) is 1.31. The molecule has 36 heavy (non-hydrogen) atoms. The minimum Gasteiger partial charge on any atom is -0.390 e. The average Bonchev–Trinajstić information content (AvgIpc) is 3.17. The summed E-state index contributed by atoms with van der Waals surface area (Å²) in [7, 11) is -7.57. The highest BCUT2D eigenvalue weighted by Gasteiger charge is 2.38. The Balaban J connectivity index is 1.44. The first-order valence-corrected chi connectivity index (χ1v) is 15.5. The first-order chi connectivity index (χ1) is 16.9. The maximum atomic E-state index is 11.9. The SMILES string of the molecule is COC1CCC(Nc2nc(Cl)nc3cc([C@H]4C[C@H](O)[C@@H](COP(=O)(O)CP(=O)(O)O)O4)ccc23)CC1. The Morgan fingerprint density at radius 3 is 2.56 bits per heavy atom. The smallest absolute Gasteiger partial charge is 0.340 e. The highest BCUT2D eigenvalue weighted by Crippen LogP contribution is 2.55. The van der Waals surface area contributed by atoms with Gasteiger partial charge in [-0.1, -0.05) is 6.07 Å². The quantitative estimate of drug-likeness (QED) is 0.222. The highest BCUT2D eigenvalue weighted by atomic mass is 35.5. The van der Waals surface area contributed by atoms with E-state index in [0.717, 1.165) is 31.1 Å². The van der Waals surface area contributed by atoms with Crippen molar-refractivity contribution in [2.45, 2.75) is 62.6 Å². The fraction of sp³-hybridized carbons (Fsp3) is 0.619. The number of aliphatic hydroxyl groups is 1. The zero-order valence-corrected chi connectivity index (χ0v) is 22.1. The monoisotopic (exact) mass is 565 g/mol. The third kappa shape index (κ3) is 7.23. The maximum absolute atomic E-state index is 11.9. The topological polar surface area (TPSA) is 181 Å². The van der Waals surface area contributed by atoms with Gasteiger partial charge in [-0.3, -0.25) is 9.13 Å². The number of halogens is 1. The number of rotatable bonds is 9. The Bertz CT molecular complexity index is 1170. The summed E-state index contributed by atoms with van der Waals surface area (Å²) in [6.45, 7) is -0.494. The molecule has 1 aromatic carbocycles. The predicted octanol–water partition coefficient (Wildman–Crippen LogP) is 3.18. The van der Waals surface area contributed by atoms with Crippen molar-refractivity contribution in [1.82, 2.24) is 9.97 Å². The van der Waals surface area contributed by atoms with Gasteiger partial charge < -0.3 is 39.1 Å². The molecule has 1 saturated carbocycles. The summed E-state index contributed by atoms with van der Waals surface area (Å²) in [5.74, 6) is -0.665. The predicted molar refractivity (Wildman–Crippen MR) is 132 cm³/mol. The minimum atomic E-state index is -4.75. The summed E-state index contributed by atoms with van der Waals surface area (Å²) >= 11 is 6.20. The lowest BCUT2D eigenvalue weighted by molar-refractivity contribution is -0.0183. The van der Waals surface area contributed by atoms with Crippen LogP contribution in [0, 0.1) is 0 Å². The lowest BCUT2D eigenvalue weighted by Gasteiger charge is -2.28. The van der Waals surface area contributed by atoms with Crippen LogP contribution in [0.2, 0.25) is 5.28 Å². The number of nitrogens with zero attached hydrogens (tertiary/aromatic N) is 2. The van der Waals surface area contributed by atoms with Gasteiger partial charge in [-0.05, 0) is 55.0 Å². The molecule has 1 unspecified atom stereocenters. The van der Waals surface area contributed by atoms with Crippen LogP contribution < -0.4 is 5.32 Å². The van der Waals surface area contributed by atoms with E-state index in [1.165, 1.54) is 0 Å². The second-order valence-corrected chi connectivity index (χ2v) is 13.5. The zero-order chi connectivity index (χ0) is 26.1. The molecule has 0 radical (unpaired) electrons. The third-order valence-corrected chi connectivity index (χ3v) is 10.1. The summed E-state index contributed by atoms with van der Waals surface area (Å²) in [6.07, 6.45) is 1.80. The fourth-order valence-corrected chi connectivity index (χ4v) is 7.37. The number of aliphatic hydroxyl groups excluding tert-OH is 1. The normalized spacial score (nSPS) is 28.8. The molecule has 1 aliphatic carbocycles. The number of methoxy groups -OCH3 is 1. The Kier molecular flexibility index (Phi) is 8.74. The van der Waals surface area contributed by atoms with E-state index in [9.17, 15) is 19.1 Å². The molecule has 2 heterocycles. The van der Waals surface area contributed by atoms with Gasteiger partial charge in [-0.15, -0.1) is 0 Å².